The van der Waals surface area contributed by atoms with Gasteiger partial charge in [0.2, 0.25) is 10.0 Å². The van der Waals surface area contributed by atoms with Crippen LogP contribution in [0.2, 0.25) is 0 Å². The lowest BCUT2D eigenvalue weighted by atomic mass is 9.86. The Morgan fingerprint density at radius 1 is 1.00 bits per heavy atom. The highest BCUT2D eigenvalue weighted by Crippen LogP contribution is 2.36. The minimum absolute atomic E-state index is 0.134. The normalized spacial score (nSPS) is 16.0. The molecular formula is C32H51N3O4S. The number of carbonyl (C=O) groups excluding carboxylic acids is 1. The summed E-state index contributed by atoms with van der Waals surface area (Å²) in [6, 6.07) is 7.51. The molecule has 0 atom stereocenters. The van der Waals surface area contributed by atoms with Gasteiger partial charge in [-0.25, -0.2) is 8.42 Å². The van der Waals surface area contributed by atoms with Crippen molar-refractivity contribution in [1.82, 2.24) is 14.2 Å². The second kappa shape index (κ2) is 11.6. The van der Waals surface area contributed by atoms with Crippen LogP contribution in [0.25, 0.3) is 11.3 Å². The zero-order valence-corrected chi connectivity index (χ0v) is 27.1. The van der Waals surface area contributed by atoms with Crippen LogP contribution in [-0.2, 0) is 22.0 Å². The highest BCUT2D eigenvalue weighted by atomic mass is 32.2. The largest absolute Gasteiger partial charge is 0.389 e. The van der Waals surface area contributed by atoms with Crippen LogP contribution in [0.4, 0.5) is 0 Å². The van der Waals surface area contributed by atoms with Crippen LogP contribution in [-0.4, -0.2) is 53.0 Å². The number of sulfonamides is 1. The van der Waals surface area contributed by atoms with E-state index in [1.165, 1.54) is 23.6 Å². The zero-order valence-electron chi connectivity index (χ0n) is 26.3. The summed E-state index contributed by atoms with van der Waals surface area (Å²) >= 11 is 0. The third kappa shape index (κ3) is 7.56. The van der Waals surface area contributed by atoms with E-state index in [0.717, 1.165) is 41.9 Å². The molecule has 1 aliphatic carbocycles. The van der Waals surface area contributed by atoms with Gasteiger partial charge in [-0.05, 0) is 101 Å². The summed E-state index contributed by atoms with van der Waals surface area (Å²) in [4.78, 5) is 13.6. The van der Waals surface area contributed by atoms with Gasteiger partial charge in [-0.1, -0.05) is 40.0 Å². The summed E-state index contributed by atoms with van der Waals surface area (Å²) in [7, 11) is -2.15. The second-order valence-corrected chi connectivity index (χ2v) is 16.2. The number of nitrogens with zero attached hydrogens (tertiary/aromatic N) is 2. The summed E-state index contributed by atoms with van der Waals surface area (Å²) in [6.07, 6.45) is 5.97. The summed E-state index contributed by atoms with van der Waals surface area (Å²) < 4.78 is 31.3. The number of nitrogens with one attached hydrogen (secondary N) is 1. The number of aromatic nitrogens is 1. The Balaban J connectivity index is 2.23. The molecule has 1 saturated carbocycles. The summed E-state index contributed by atoms with van der Waals surface area (Å²) in [6.45, 7) is 18.1. The van der Waals surface area contributed by atoms with E-state index in [-0.39, 0.29) is 22.8 Å². The van der Waals surface area contributed by atoms with Crippen molar-refractivity contribution in [3.63, 3.8) is 0 Å². The smallest absolute Gasteiger partial charge is 0.253 e. The SMILES string of the molecule is Cc1c(C(=O)NCC(C)(C)O)cc(-c2cc(C(C)(C)C)cc(S(=O)(=O)N(C)C(C)(C)C)c2)n1CC1CCCCC1. The van der Waals surface area contributed by atoms with Crippen LogP contribution in [0, 0.1) is 12.8 Å². The highest BCUT2D eigenvalue weighted by Gasteiger charge is 2.32. The van der Waals surface area contributed by atoms with Crippen molar-refractivity contribution < 1.29 is 18.3 Å². The topological polar surface area (TPSA) is 91.6 Å². The molecule has 8 heteroatoms. The predicted molar refractivity (Wildman–Crippen MR) is 163 cm³/mol. The number of hydrogen-bond donors (Lipinski definition) is 2. The molecule has 1 aromatic carbocycles. The number of carbonyl (C=O) groups is 1. The molecule has 1 aromatic heterocycles. The molecule has 1 amide bonds. The van der Waals surface area contributed by atoms with Crippen LogP contribution in [0.15, 0.2) is 29.2 Å². The zero-order chi connectivity index (χ0) is 30.3. The maximum atomic E-state index is 13.8. The Hall–Kier alpha value is -2.16. The van der Waals surface area contributed by atoms with Crippen molar-refractivity contribution in [2.75, 3.05) is 13.6 Å². The lowest BCUT2D eigenvalue weighted by Crippen LogP contribution is -2.42. The fraction of sp³-hybridized carbons (Fsp3) is 0.656. The molecule has 3 rings (SSSR count). The van der Waals surface area contributed by atoms with E-state index in [1.807, 2.05) is 33.8 Å². The molecule has 2 aromatic rings. The third-order valence-corrected chi connectivity index (χ3v) is 10.2. The molecule has 1 fully saturated rings. The average Bonchev–Trinajstić information content (AvgIpc) is 3.16. The van der Waals surface area contributed by atoms with Crippen molar-refractivity contribution in [2.45, 2.75) is 122 Å². The van der Waals surface area contributed by atoms with E-state index < -0.39 is 21.2 Å². The van der Waals surface area contributed by atoms with Gasteiger partial charge in [0.1, 0.15) is 0 Å². The standard InChI is InChI=1S/C32H51N3O4S/c1-22-27(29(36)33-21-32(8,9)37)19-28(35(22)20-23-14-12-11-13-15-23)24-16-25(30(2,3)4)18-26(17-24)40(38,39)34(10)31(5,6)7/h16-19,23,37H,11-15,20-21H2,1-10H3,(H,33,36). The summed E-state index contributed by atoms with van der Waals surface area (Å²) in [5.41, 5.74) is 2.05. The maximum Gasteiger partial charge on any atom is 0.253 e. The molecule has 0 bridgehead atoms. The fourth-order valence-electron chi connectivity index (χ4n) is 5.22. The van der Waals surface area contributed by atoms with Crippen molar-refractivity contribution in [2.24, 2.45) is 5.92 Å². The minimum Gasteiger partial charge on any atom is -0.389 e. The van der Waals surface area contributed by atoms with Gasteiger partial charge in [0, 0.05) is 37.1 Å². The minimum atomic E-state index is -3.78. The van der Waals surface area contributed by atoms with Gasteiger partial charge in [-0.2, -0.15) is 4.31 Å². The van der Waals surface area contributed by atoms with Gasteiger partial charge in [-0.15, -0.1) is 0 Å². The molecule has 40 heavy (non-hydrogen) atoms. The molecule has 0 radical (unpaired) electrons. The van der Waals surface area contributed by atoms with Crippen molar-refractivity contribution in [1.29, 1.82) is 0 Å². The fourth-order valence-corrected chi connectivity index (χ4v) is 6.81. The van der Waals surface area contributed by atoms with Crippen molar-refractivity contribution >= 4 is 15.9 Å². The molecular weight excluding hydrogens is 522 g/mol. The Morgan fingerprint density at radius 2 is 1.60 bits per heavy atom. The first kappa shape index (κ1) is 32.4. The number of amides is 1. The third-order valence-electron chi connectivity index (χ3n) is 8.13. The molecule has 0 aliphatic heterocycles. The summed E-state index contributed by atoms with van der Waals surface area (Å²) in [5, 5.41) is 13.0. The lowest BCUT2D eigenvalue weighted by Gasteiger charge is -2.31. The Morgan fingerprint density at radius 3 is 2.12 bits per heavy atom. The second-order valence-electron chi connectivity index (χ2n) is 14.3. The van der Waals surface area contributed by atoms with Gasteiger partial charge < -0.3 is 15.0 Å². The quantitative estimate of drug-likeness (QED) is 0.390. The van der Waals surface area contributed by atoms with Gasteiger partial charge in [0.25, 0.3) is 5.91 Å². The van der Waals surface area contributed by atoms with E-state index in [1.54, 1.807) is 33.0 Å². The van der Waals surface area contributed by atoms with Crippen LogP contribution < -0.4 is 5.32 Å². The first-order valence-electron chi connectivity index (χ1n) is 14.6. The van der Waals surface area contributed by atoms with Crippen molar-refractivity contribution in [3.8, 4) is 11.3 Å². The number of rotatable bonds is 8. The van der Waals surface area contributed by atoms with E-state index in [0.29, 0.717) is 11.5 Å². The highest BCUT2D eigenvalue weighted by molar-refractivity contribution is 7.89. The van der Waals surface area contributed by atoms with E-state index in [2.05, 4.69) is 36.7 Å². The molecule has 224 valence electrons. The van der Waals surface area contributed by atoms with Crippen LogP contribution >= 0.6 is 0 Å². The first-order valence-corrected chi connectivity index (χ1v) is 16.0. The van der Waals surface area contributed by atoms with Crippen LogP contribution in [0.3, 0.4) is 0 Å². The van der Waals surface area contributed by atoms with E-state index >= 15 is 0 Å². The van der Waals surface area contributed by atoms with E-state index in [4.69, 9.17) is 0 Å². The molecule has 2 N–H and O–H groups in total. The van der Waals surface area contributed by atoms with Gasteiger partial charge >= 0.3 is 0 Å². The molecule has 0 unspecified atom stereocenters. The van der Waals surface area contributed by atoms with E-state index in [9.17, 15) is 18.3 Å². The predicted octanol–water partition coefficient (Wildman–Crippen LogP) is 6.26. The Kier molecular flexibility index (Phi) is 9.39. The maximum absolute atomic E-state index is 13.8. The van der Waals surface area contributed by atoms with Gasteiger partial charge in [-0.3, -0.25) is 4.79 Å². The number of benzene rings is 1. The summed E-state index contributed by atoms with van der Waals surface area (Å²) in [5.74, 6) is 0.266. The lowest BCUT2D eigenvalue weighted by molar-refractivity contribution is 0.0694. The Labute approximate surface area is 242 Å². The van der Waals surface area contributed by atoms with Gasteiger partial charge in [0.05, 0.1) is 16.1 Å². The first-order chi connectivity index (χ1) is 18.2. The molecule has 1 heterocycles. The Bertz CT molecular complexity index is 1320. The molecule has 1 aliphatic rings. The molecule has 0 saturated heterocycles. The number of hydrogen-bond acceptors (Lipinski definition) is 4. The average molecular weight is 574 g/mol. The molecule has 0 spiro atoms. The molecule has 7 nitrogen and oxygen atoms in total. The van der Waals surface area contributed by atoms with Crippen molar-refractivity contribution in [3.05, 3.63) is 41.1 Å². The van der Waals surface area contributed by atoms with Gasteiger partial charge in [0.15, 0.2) is 0 Å². The van der Waals surface area contributed by atoms with Crippen LogP contribution in [0.5, 0.6) is 0 Å². The monoisotopic (exact) mass is 573 g/mol. The van der Waals surface area contributed by atoms with Crippen LogP contribution in [0.1, 0.15) is 109 Å². The number of aliphatic hydroxyl groups is 1.